The summed E-state index contributed by atoms with van der Waals surface area (Å²) in [7, 11) is 0. The van der Waals surface area contributed by atoms with Crippen LogP contribution < -0.4 is 5.32 Å². The highest BCUT2D eigenvalue weighted by Crippen LogP contribution is 2.19. The van der Waals surface area contributed by atoms with Crippen molar-refractivity contribution in [3.63, 3.8) is 0 Å². The summed E-state index contributed by atoms with van der Waals surface area (Å²) < 4.78 is 0. The lowest BCUT2D eigenvalue weighted by Crippen LogP contribution is -2.15. The van der Waals surface area contributed by atoms with Crippen LogP contribution in [0.1, 0.15) is 29.5 Å². The highest BCUT2D eigenvalue weighted by Gasteiger charge is 2.11. The molecule has 0 saturated heterocycles. The number of rotatable bonds is 6. The third-order valence-corrected chi connectivity index (χ3v) is 2.66. The summed E-state index contributed by atoms with van der Waals surface area (Å²) in [4.78, 5) is 18.9. The second-order valence-corrected chi connectivity index (χ2v) is 4.30. The van der Waals surface area contributed by atoms with E-state index in [0.717, 1.165) is 0 Å². The molecule has 94 valence electrons. The van der Waals surface area contributed by atoms with Gasteiger partial charge in [-0.2, -0.15) is 0 Å². The monoisotopic (exact) mass is 257 g/mol. The predicted octanol–water partition coefficient (Wildman–Crippen LogP) is 1.68. The van der Waals surface area contributed by atoms with E-state index in [4.69, 9.17) is 16.7 Å². The number of halogens is 1. The number of aliphatic hydroxyl groups is 1. The van der Waals surface area contributed by atoms with E-state index in [1.807, 2.05) is 6.92 Å². The van der Waals surface area contributed by atoms with Crippen LogP contribution in [0.5, 0.6) is 0 Å². The third kappa shape index (κ3) is 3.94. The minimum absolute atomic E-state index is 0.146. The van der Waals surface area contributed by atoms with E-state index in [9.17, 15) is 4.79 Å². The van der Waals surface area contributed by atoms with Gasteiger partial charge in [-0.05, 0) is 19.3 Å². The maximum Gasteiger partial charge on any atom is 0.156 e. The lowest BCUT2D eigenvalue weighted by molar-refractivity contribution is 0.112. The number of aliphatic hydroxyl groups excluding tert-OH is 1. The molecule has 6 heteroatoms. The molecule has 0 bridgehead atoms. The second kappa shape index (κ2) is 6.51. The molecular formula is C11H16ClN3O2. The molecule has 0 saturated carbocycles. The summed E-state index contributed by atoms with van der Waals surface area (Å²) in [6, 6.07) is 0. The zero-order valence-corrected chi connectivity index (χ0v) is 10.7. The molecule has 5 nitrogen and oxygen atoms in total. The highest BCUT2D eigenvalue weighted by atomic mass is 35.5. The molecule has 1 rings (SSSR count). The van der Waals surface area contributed by atoms with E-state index in [0.29, 0.717) is 30.9 Å². The van der Waals surface area contributed by atoms with Crippen LogP contribution in [0.25, 0.3) is 0 Å². The normalized spacial score (nSPS) is 12.2. The SMILES string of the molecule is Cc1nc(Cl)c(C=O)c(NCC(C)CCO)n1. The number of aromatic nitrogens is 2. The average molecular weight is 258 g/mol. The van der Waals surface area contributed by atoms with Gasteiger partial charge in [0.2, 0.25) is 0 Å². The Bertz CT molecular complexity index is 399. The Hall–Kier alpha value is -1.20. The molecule has 0 aliphatic carbocycles. The van der Waals surface area contributed by atoms with Crippen LogP contribution in [0.3, 0.4) is 0 Å². The van der Waals surface area contributed by atoms with E-state index in [2.05, 4.69) is 15.3 Å². The molecule has 0 aliphatic heterocycles. The summed E-state index contributed by atoms with van der Waals surface area (Å²) in [5.74, 6) is 1.24. The Labute approximate surface area is 105 Å². The predicted molar refractivity (Wildman–Crippen MR) is 66.5 cm³/mol. The van der Waals surface area contributed by atoms with E-state index in [-0.39, 0.29) is 23.2 Å². The molecule has 1 aromatic heterocycles. The Balaban J connectivity index is 2.79. The number of nitrogens with one attached hydrogen (secondary N) is 1. The fraction of sp³-hybridized carbons (Fsp3) is 0.545. The van der Waals surface area contributed by atoms with Gasteiger partial charge in [-0.25, -0.2) is 9.97 Å². The molecule has 17 heavy (non-hydrogen) atoms. The molecule has 1 aromatic rings. The Morgan fingerprint density at radius 3 is 2.82 bits per heavy atom. The summed E-state index contributed by atoms with van der Waals surface area (Å²) in [6.45, 7) is 4.48. The first-order chi connectivity index (χ1) is 8.08. The maximum atomic E-state index is 10.9. The molecule has 2 N–H and O–H groups in total. The van der Waals surface area contributed by atoms with E-state index < -0.39 is 0 Å². The zero-order valence-electron chi connectivity index (χ0n) is 9.90. The number of hydrogen-bond acceptors (Lipinski definition) is 5. The minimum Gasteiger partial charge on any atom is -0.396 e. The minimum atomic E-state index is 0.146. The molecule has 0 spiro atoms. The molecule has 0 amide bonds. The molecule has 1 atom stereocenters. The van der Waals surface area contributed by atoms with Gasteiger partial charge in [-0.15, -0.1) is 0 Å². The molecule has 0 aromatic carbocycles. The molecule has 1 heterocycles. The molecule has 0 radical (unpaired) electrons. The van der Waals surface area contributed by atoms with E-state index in [1.54, 1.807) is 6.92 Å². The van der Waals surface area contributed by atoms with Crippen LogP contribution in [0.4, 0.5) is 5.82 Å². The first-order valence-electron chi connectivity index (χ1n) is 5.42. The molecule has 0 aliphatic rings. The van der Waals surface area contributed by atoms with Crippen LogP contribution in [0, 0.1) is 12.8 Å². The van der Waals surface area contributed by atoms with Crippen molar-refractivity contribution in [2.24, 2.45) is 5.92 Å². The standard InChI is InChI=1S/C11H16ClN3O2/c1-7(3-4-16)5-13-11-9(6-17)10(12)14-8(2)15-11/h6-7,16H,3-5H2,1-2H3,(H,13,14,15). The van der Waals surface area contributed by atoms with Crippen molar-refractivity contribution in [2.45, 2.75) is 20.3 Å². The Morgan fingerprint density at radius 2 is 2.24 bits per heavy atom. The van der Waals surface area contributed by atoms with Gasteiger partial charge in [-0.3, -0.25) is 4.79 Å². The van der Waals surface area contributed by atoms with Crippen LogP contribution in [-0.2, 0) is 0 Å². The van der Waals surface area contributed by atoms with Gasteiger partial charge >= 0.3 is 0 Å². The smallest absolute Gasteiger partial charge is 0.156 e. The van der Waals surface area contributed by atoms with Crippen LogP contribution >= 0.6 is 11.6 Å². The van der Waals surface area contributed by atoms with E-state index in [1.165, 1.54) is 0 Å². The first kappa shape index (κ1) is 13.9. The highest BCUT2D eigenvalue weighted by molar-refractivity contribution is 6.32. The summed E-state index contributed by atoms with van der Waals surface area (Å²) in [6.07, 6.45) is 1.34. The summed E-state index contributed by atoms with van der Waals surface area (Å²) in [5, 5.41) is 12.0. The summed E-state index contributed by atoms with van der Waals surface area (Å²) >= 11 is 5.85. The number of anilines is 1. The Kier molecular flexibility index (Phi) is 5.31. The number of carbonyl (C=O) groups excluding carboxylic acids is 1. The topological polar surface area (TPSA) is 75.1 Å². The lowest BCUT2D eigenvalue weighted by atomic mass is 10.1. The van der Waals surface area contributed by atoms with Crippen molar-refractivity contribution in [1.29, 1.82) is 0 Å². The fourth-order valence-electron chi connectivity index (χ4n) is 1.38. The van der Waals surface area contributed by atoms with Crippen molar-refractivity contribution >= 4 is 23.7 Å². The van der Waals surface area contributed by atoms with Gasteiger partial charge in [0.25, 0.3) is 0 Å². The van der Waals surface area contributed by atoms with Crippen molar-refractivity contribution in [1.82, 2.24) is 9.97 Å². The van der Waals surface area contributed by atoms with Gasteiger partial charge in [-0.1, -0.05) is 18.5 Å². The fourth-order valence-corrected chi connectivity index (χ4v) is 1.64. The van der Waals surface area contributed by atoms with Crippen molar-refractivity contribution in [3.05, 3.63) is 16.5 Å². The third-order valence-electron chi connectivity index (χ3n) is 2.37. The Morgan fingerprint density at radius 1 is 1.53 bits per heavy atom. The van der Waals surface area contributed by atoms with Crippen molar-refractivity contribution in [2.75, 3.05) is 18.5 Å². The summed E-state index contributed by atoms with van der Waals surface area (Å²) in [5.41, 5.74) is 0.272. The largest absolute Gasteiger partial charge is 0.396 e. The van der Waals surface area contributed by atoms with Crippen LogP contribution in [-0.4, -0.2) is 34.5 Å². The number of nitrogens with zero attached hydrogens (tertiary/aromatic N) is 2. The first-order valence-corrected chi connectivity index (χ1v) is 5.80. The number of hydrogen-bond donors (Lipinski definition) is 2. The quantitative estimate of drug-likeness (QED) is 0.599. The van der Waals surface area contributed by atoms with Gasteiger partial charge < -0.3 is 10.4 Å². The second-order valence-electron chi connectivity index (χ2n) is 3.94. The molecular weight excluding hydrogens is 242 g/mol. The number of aldehydes is 1. The van der Waals surface area contributed by atoms with Gasteiger partial charge in [0, 0.05) is 13.2 Å². The van der Waals surface area contributed by atoms with Gasteiger partial charge in [0.05, 0.1) is 5.56 Å². The van der Waals surface area contributed by atoms with Crippen molar-refractivity contribution < 1.29 is 9.90 Å². The molecule has 0 fully saturated rings. The van der Waals surface area contributed by atoms with Crippen molar-refractivity contribution in [3.8, 4) is 0 Å². The maximum absolute atomic E-state index is 10.9. The average Bonchev–Trinajstić information content (AvgIpc) is 2.26. The number of aryl methyl sites for hydroxylation is 1. The van der Waals surface area contributed by atoms with Crippen LogP contribution in [0.2, 0.25) is 5.15 Å². The number of carbonyl (C=O) groups is 1. The zero-order chi connectivity index (χ0) is 12.8. The molecule has 1 unspecified atom stereocenters. The lowest BCUT2D eigenvalue weighted by Gasteiger charge is -2.13. The van der Waals surface area contributed by atoms with Gasteiger partial charge in [0.1, 0.15) is 16.8 Å². The van der Waals surface area contributed by atoms with E-state index >= 15 is 0 Å². The van der Waals surface area contributed by atoms with Crippen LogP contribution in [0.15, 0.2) is 0 Å². The van der Waals surface area contributed by atoms with Gasteiger partial charge in [0.15, 0.2) is 6.29 Å².